The van der Waals surface area contributed by atoms with Crippen LogP contribution in [0.4, 0.5) is 4.39 Å². The molecule has 0 amide bonds. The summed E-state index contributed by atoms with van der Waals surface area (Å²) >= 11 is 0. The van der Waals surface area contributed by atoms with E-state index in [0.29, 0.717) is 12.0 Å². The Labute approximate surface area is 129 Å². The first-order valence-electron chi connectivity index (χ1n) is 7.88. The van der Waals surface area contributed by atoms with Gasteiger partial charge in [0.15, 0.2) is 0 Å². The summed E-state index contributed by atoms with van der Waals surface area (Å²) < 4.78 is 18.8. The van der Waals surface area contributed by atoms with E-state index in [9.17, 15) is 4.39 Å². The minimum absolute atomic E-state index is 0.0914. The summed E-state index contributed by atoms with van der Waals surface area (Å²) in [5.41, 5.74) is 1.09. The van der Waals surface area contributed by atoms with E-state index < -0.39 is 0 Å². The van der Waals surface area contributed by atoms with Crippen LogP contribution >= 0.6 is 0 Å². The van der Waals surface area contributed by atoms with Crippen LogP contribution in [0.2, 0.25) is 0 Å². The Bertz CT molecular complexity index is 395. The first-order chi connectivity index (χ1) is 9.76. The van der Waals surface area contributed by atoms with Gasteiger partial charge in [-0.2, -0.15) is 0 Å². The molecule has 0 heterocycles. The number of rotatable bonds is 8. The lowest BCUT2D eigenvalue weighted by Gasteiger charge is -2.23. The summed E-state index contributed by atoms with van der Waals surface area (Å²) in [5.74, 6) is 0.326. The fraction of sp³-hybridized carbons (Fsp3) is 0.667. The Morgan fingerprint density at radius 2 is 1.76 bits per heavy atom. The van der Waals surface area contributed by atoms with Crippen molar-refractivity contribution in [2.24, 2.45) is 5.92 Å². The number of halogens is 1. The topological polar surface area (TPSA) is 21.3 Å². The second-order valence-corrected chi connectivity index (χ2v) is 7.01. The predicted molar refractivity (Wildman–Crippen MR) is 87.1 cm³/mol. The largest absolute Gasteiger partial charge is 0.376 e. The normalized spacial score (nSPS) is 13.7. The van der Waals surface area contributed by atoms with E-state index in [4.69, 9.17) is 4.74 Å². The van der Waals surface area contributed by atoms with Crippen LogP contribution in [0.1, 0.15) is 46.6 Å². The lowest BCUT2D eigenvalue weighted by Crippen LogP contribution is -2.31. The highest BCUT2D eigenvalue weighted by Crippen LogP contribution is 2.15. The lowest BCUT2D eigenvalue weighted by molar-refractivity contribution is -0.00927. The quantitative estimate of drug-likeness (QED) is 0.776. The van der Waals surface area contributed by atoms with E-state index in [1.807, 2.05) is 12.1 Å². The molecule has 0 bridgehead atoms. The number of hydrogen-bond donors (Lipinski definition) is 1. The molecule has 0 aliphatic heterocycles. The maximum atomic E-state index is 13.0. The number of benzene rings is 1. The molecule has 1 atom stereocenters. The Morgan fingerprint density at radius 1 is 1.14 bits per heavy atom. The number of ether oxygens (including phenoxy) is 1. The van der Waals surface area contributed by atoms with Crippen molar-refractivity contribution in [3.05, 3.63) is 35.6 Å². The van der Waals surface area contributed by atoms with Crippen molar-refractivity contribution in [2.75, 3.05) is 13.2 Å². The molecule has 0 radical (unpaired) electrons. The molecule has 1 N–H and O–H groups in total. The van der Waals surface area contributed by atoms with Crippen molar-refractivity contribution in [1.82, 2.24) is 5.32 Å². The molecule has 1 unspecified atom stereocenters. The highest BCUT2D eigenvalue weighted by atomic mass is 19.1. The van der Waals surface area contributed by atoms with Crippen LogP contribution in [-0.2, 0) is 11.2 Å². The van der Waals surface area contributed by atoms with Gasteiger partial charge in [-0.1, -0.05) is 26.0 Å². The van der Waals surface area contributed by atoms with Crippen LogP contribution in [0.15, 0.2) is 24.3 Å². The van der Waals surface area contributed by atoms with E-state index in [1.165, 1.54) is 17.7 Å². The summed E-state index contributed by atoms with van der Waals surface area (Å²) in [6.07, 6.45) is 1.96. The molecule has 0 aromatic heterocycles. The first-order valence-corrected chi connectivity index (χ1v) is 7.88. The zero-order chi connectivity index (χ0) is 15.9. The highest BCUT2D eigenvalue weighted by Gasteiger charge is 2.14. The van der Waals surface area contributed by atoms with Crippen LogP contribution in [0, 0.1) is 11.7 Å². The predicted octanol–water partition coefficient (Wildman–Crippen LogP) is 4.19. The second-order valence-electron chi connectivity index (χ2n) is 7.01. The first kappa shape index (κ1) is 18.1. The molecule has 21 heavy (non-hydrogen) atoms. The van der Waals surface area contributed by atoms with Crippen molar-refractivity contribution < 1.29 is 9.13 Å². The molecule has 120 valence electrons. The van der Waals surface area contributed by atoms with Gasteiger partial charge in [-0.25, -0.2) is 4.39 Å². The standard InChI is InChI=1S/C18H30FNO/c1-14(2)20-13-16(10-11-21-18(3,4)5)12-15-6-8-17(19)9-7-15/h6-9,14,16,20H,10-13H2,1-5H3. The van der Waals surface area contributed by atoms with Gasteiger partial charge in [-0.05, 0) is 63.8 Å². The van der Waals surface area contributed by atoms with Crippen molar-refractivity contribution in [2.45, 2.75) is 59.1 Å². The zero-order valence-corrected chi connectivity index (χ0v) is 14.1. The highest BCUT2D eigenvalue weighted by molar-refractivity contribution is 5.16. The van der Waals surface area contributed by atoms with Gasteiger partial charge in [-0.3, -0.25) is 0 Å². The molecule has 0 saturated heterocycles. The minimum atomic E-state index is -0.174. The van der Waals surface area contributed by atoms with Crippen LogP contribution in [-0.4, -0.2) is 24.8 Å². The van der Waals surface area contributed by atoms with E-state index in [0.717, 1.165) is 26.0 Å². The average Bonchev–Trinajstić information content (AvgIpc) is 2.36. The van der Waals surface area contributed by atoms with Gasteiger partial charge in [0.1, 0.15) is 5.82 Å². The summed E-state index contributed by atoms with van der Waals surface area (Å²) in [5, 5.41) is 3.50. The molecule has 0 fully saturated rings. The molecule has 1 rings (SSSR count). The molecule has 0 aliphatic rings. The van der Waals surface area contributed by atoms with Gasteiger partial charge in [0.25, 0.3) is 0 Å². The molecule has 3 heteroatoms. The number of hydrogen-bond acceptors (Lipinski definition) is 2. The fourth-order valence-corrected chi connectivity index (χ4v) is 2.16. The lowest BCUT2D eigenvalue weighted by atomic mass is 9.96. The zero-order valence-electron chi connectivity index (χ0n) is 14.1. The average molecular weight is 295 g/mol. The molecule has 0 saturated carbocycles. The molecule has 0 spiro atoms. The van der Waals surface area contributed by atoms with Crippen molar-refractivity contribution >= 4 is 0 Å². The van der Waals surface area contributed by atoms with Crippen LogP contribution in [0.3, 0.4) is 0 Å². The Kier molecular flexibility index (Phi) is 7.33. The third kappa shape index (κ3) is 8.84. The molecule has 0 aliphatic carbocycles. The van der Waals surface area contributed by atoms with Crippen LogP contribution in [0.25, 0.3) is 0 Å². The molecular weight excluding hydrogens is 265 g/mol. The van der Waals surface area contributed by atoms with Crippen molar-refractivity contribution in [1.29, 1.82) is 0 Å². The summed E-state index contributed by atoms with van der Waals surface area (Å²) in [7, 11) is 0. The molecule has 1 aromatic rings. The van der Waals surface area contributed by atoms with Gasteiger partial charge < -0.3 is 10.1 Å². The third-order valence-corrected chi connectivity index (χ3v) is 3.31. The van der Waals surface area contributed by atoms with Gasteiger partial charge >= 0.3 is 0 Å². The maximum absolute atomic E-state index is 13.0. The monoisotopic (exact) mass is 295 g/mol. The van der Waals surface area contributed by atoms with Gasteiger partial charge in [0, 0.05) is 12.6 Å². The van der Waals surface area contributed by atoms with Crippen LogP contribution < -0.4 is 5.32 Å². The SMILES string of the molecule is CC(C)NCC(CCOC(C)(C)C)Cc1ccc(F)cc1. The Hall–Kier alpha value is -0.930. The second kappa shape index (κ2) is 8.50. The van der Waals surface area contributed by atoms with E-state index in [1.54, 1.807) is 0 Å². The molecule has 1 aromatic carbocycles. The van der Waals surface area contributed by atoms with Crippen molar-refractivity contribution in [3.63, 3.8) is 0 Å². The number of nitrogens with one attached hydrogen (secondary N) is 1. The maximum Gasteiger partial charge on any atom is 0.123 e. The van der Waals surface area contributed by atoms with E-state index in [-0.39, 0.29) is 11.4 Å². The van der Waals surface area contributed by atoms with Gasteiger partial charge in [0.2, 0.25) is 0 Å². The summed E-state index contributed by atoms with van der Waals surface area (Å²) in [6, 6.07) is 7.30. The van der Waals surface area contributed by atoms with Crippen molar-refractivity contribution in [3.8, 4) is 0 Å². The van der Waals surface area contributed by atoms with Gasteiger partial charge in [0.05, 0.1) is 5.60 Å². The smallest absolute Gasteiger partial charge is 0.123 e. The fourth-order valence-electron chi connectivity index (χ4n) is 2.16. The van der Waals surface area contributed by atoms with Crippen LogP contribution in [0.5, 0.6) is 0 Å². The van der Waals surface area contributed by atoms with E-state index >= 15 is 0 Å². The summed E-state index contributed by atoms with van der Waals surface area (Å²) in [6.45, 7) is 12.3. The van der Waals surface area contributed by atoms with E-state index in [2.05, 4.69) is 39.9 Å². The Balaban J connectivity index is 2.52. The third-order valence-electron chi connectivity index (χ3n) is 3.31. The molecule has 2 nitrogen and oxygen atoms in total. The van der Waals surface area contributed by atoms with Gasteiger partial charge in [-0.15, -0.1) is 0 Å². The summed E-state index contributed by atoms with van der Waals surface area (Å²) in [4.78, 5) is 0. The minimum Gasteiger partial charge on any atom is -0.376 e. The Morgan fingerprint density at radius 3 is 2.29 bits per heavy atom. The molecular formula is C18H30FNO.